The smallest absolute Gasteiger partial charge is 0.263 e. The summed E-state index contributed by atoms with van der Waals surface area (Å²) in [6, 6.07) is 17.2. The van der Waals surface area contributed by atoms with Gasteiger partial charge in [0.15, 0.2) is 5.43 Å². The summed E-state index contributed by atoms with van der Waals surface area (Å²) in [7, 11) is 1.49. The van der Waals surface area contributed by atoms with E-state index in [0.29, 0.717) is 60.2 Å². The standard InChI is InChI=1S/C30H22Cl2N6O3/c1-16(37-28-24-22(39)11-12-33-27(24)35-15-36-28)26-25(32)20-10-6-9-19(17-13-21(31)29(41-2)34-14-17)23(20)30(40)38(26)18-7-4-3-5-8-18/h3-16H,1-2H3,(H2,33,35,36,37,39)/t16-/m0/s1. The fraction of sp³-hybridized carbons (Fsp3) is 0.100. The Kier molecular flexibility index (Phi) is 6.90. The van der Waals surface area contributed by atoms with Crippen molar-refractivity contribution < 1.29 is 4.74 Å². The molecule has 9 nitrogen and oxygen atoms in total. The van der Waals surface area contributed by atoms with Crippen LogP contribution in [0.4, 0.5) is 5.82 Å². The molecule has 0 bridgehead atoms. The summed E-state index contributed by atoms with van der Waals surface area (Å²) < 4.78 is 6.78. The van der Waals surface area contributed by atoms with Crippen molar-refractivity contribution in [2.45, 2.75) is 13.0 Å². The molecule has 2 N–H and O–H groups in total. The number of ether oxygens (including phenoxy) is 1. The van der Waals surface area contributed by atoms with Gasteiger partial charge in [0, 0.05) is 35.1 Å². The number of H-pyrrole nitrogens is 1. The van der Waals surface area contributed by atoms with Crippen molar-refractivity contribution in [2.24, 2.45) is 0 Å². The van der Waals surface area contributed by atoms with Crippen LogP contribution >= 0.6 is 23.2 Å². The van der Waals surface area contributed by atoms with Crippen molar-refractivity contribution in [1.82, 2.24) is 24.5 Å². The average Bonchev–Trinajstić information content (AvgIpc) is 2.99. The van der Waals surface area contributed by atoms with Crippen LogP contribution in [-0.4, -0.2) is 31.6 Å². The lowest BCUT2D eigenvalue weighted by Crippen LogP contribution is -2.27. The van der Waals surface area contributed by atoms with Crippen LogP contribution in [0.25, 0.3) is 38.6 Å². The van der Waals surface area contributed by atoms with Crippen molar-refractivity contribution >= 4 is 50.8 Å². The van der Waals surface area contributed by atoms with Gasteiger partial charge in [-0.25, -0.2) is 15.0 Å². The number of pyridine rings is 3. The number of hydrogen-bond acceptors (Lipinski definition) is 7. The number of nitrogens with zero attached hydrogens (tertiary/aromatic N) is 4. The van der Waals surface area contributed by atoms with Crippen LogP contribution in [0.3, 0.4) is 0 Å². The van der Waals surface area contributed by atoms with Crippen LogP contribution in [0.2, 0.25) is 10.0 Å². The molecule has 4 heterocycles. The van der Waals surface area contributed by atoms with Crippen LogP contribution in [0.5, 0.6) is 5.88 Å². The molecule has 0 spiro atoms. The van der Waals surface area contributed by atoms with E-state index in [1.165, 1.54) is 25.7 Å². The van der Waals surface area contributed by atoms with Crippen LogP contribution in [0.15, 0.2) is 89.0 Å². The van der Waals surface area contributed by atoms with Crippen molar-refractivity contribution in [2.75, 3.05) is 12.4 Å². The molecule has 0 saturated carbocycles. The first kappa shape index (κ1) is 26.5. The highest BCUT2D eigenvalue weighted by atomic mass is 35.5. The molecule has 204 valence electrons. The van der Waals surface area contributed by atoms with E-state index in [1.807, 2.05) is 49.4 Å². The van der Waals surface area contributed by atoms with Crippen LogP contribution in [0, 0.1) is 0 Å². The molecule has 0 radical (unpaired) electrons. The predicted octanol–water partition coefficient (Wildman–Crippen LogP) is 6.17. The predicted molar refractivity (Wildman–Crippen MR) is 162 cm³/mol. The maximum atomic E-state index is 14.4. The molecule has 0 aliphatic rings. The van der Waals surface area contributed by atoms with Gasteiger partial charge in [-0.3, -0.25) is 14.2 Å². The number of rotatable bonds is 6. The number of para-hydroxylation sites is 1. The molecular weight excluding hydrogens is 563 g/mol. The number of fused-ring (bicyclic) bond motifs is 2. The topological polar surface area (TPSA) is 115 Å². The number of methoxy groups -OCH3 is 1. The minimum Gasteiger partial charge on any atom is -0.480 e. The number of anilines is 1. The van der Waals surface area contributed by atoms with E-state index in [2.05, 4.69) is 25.3 Å². The molecule has 0 unspecified atom stereocenters. The quantitative estimate of drug-likeness (QED) is 0.240. The zero-order valence-electron chi connectivity index (χ0n) is 21.9. The highest BCUT2D eigenvalue weighted by Crippen LogP contribution is 2.37. The third-order valence-electron chi connectivity index (χ3n) is 6.82. The number of nitrogens with one attached hydrogen (secondary N) is 2. The molecule has 2 aromatic carbocycles. The largest absolute Gasteiger partial charge is 0.480 e. The SMILES string of the molecule is COc1ncc(-c2cccc3c(Cl)c([C@H](C)Nc4ncnc5[nH]ccc(=O)c45)n(-c4ccccc4)c(=O)c23)cc1Cl. The summed E-state index contributed by atoms with van der Waals surface area (Å²) in [6.07, 6.45) is 4.50. The highest BCUT2D eigenvalue weighted by Gasteiger charge is 2.24. The molecule has 6 rings (SSSR count). The zero-order valence-corrected chi connectivity index (χ0v) is 23.4. The Balaban J connectivity index is 1.61. The second-order valence-electron chi connectivity index (χ2n) is 9.27. The second-order valence-corrected chi connectivity index (χ2v) is 10.1. The fourth-order valence-corrected chi connectivity index (χ4v) is 5.64. The van der Waals surface area contributed by atoms with Crippen molar-refractivity contribution in [1.29, 1.82) is 0 Å². The summed E-state index contributed by atoms with van der Waals surface area (Å²) in [5, 5.41) is 5.25. The van der Waals surface area contributed by atoms with Gasteiger partial charge in [-0.05, 0) is 30.7 Å². The average molecular weight is 585 g/mol. The minimum atomic E-state index is -0.557. The maximum absolute atomic E-state index is 14.4. The Bertz CT molecular complexity index is 2060. The molecule has 0 aliphatic carbocycles. The third-order valence-corrected chi connectivity index (χ3v) is 7.49. The summed E-state index contributed by atoms with van der Waals surface area (Å²) in [5.41, 5.74) is 2.25. The van der Waals surface area contributed by atoms with Gasteiger partial charge >= 0.3 is 0 Å². The van der Waals surface area contributed by atoms with Gasteiger partial charge in [0.05, 0.1) is 29.3 Å². The Morgan fingerprint density at radius 2 is 1.78 bits per heavy atom. The van der Waals surface area contributed by atoms with Crippen molar-refractivity contribution in [3.8, 4) is 22.7 Å². The monoisotopic (exact) mass is 584 g/mol. The summed E-state index contributed by atoms with van der Waals surface area (Å²) >= 11 is 13.5. The lowest BCUT2D eigenvalue weighted by molar-refractivity contribution is 0.398. The van der Waals surface area contributed by atoms with Crippen molar-refractivity contribution in [3.63, 3.8) is 0 Å². The first-order valence-corrected chi connectivity index (χ1v) is 13.4. The molecule has 0 fully saturated rings. The normalized spacial score (nSPS) is 12.0. The number of aromatic amines is 1. The van der Waals surface area contributed by atoms with E-state index in [9.17, 15) is 9.59 Å². The summed E-state index contributed by atoms with van der Waals surface area (Å²) in [6.45, 7) is 1.86. The molecule has 0 aliphatic heterocycles. The Labute approximate surface area is 243 Å². The second kappa shape index (κ2) is 10.7. The van der Waals surface area contributed by atoms with Crippen LogP contribution in [0.1, 0.15) is 18.7 Å². The molecule has 4 aromatic heterocycles. The van der Waals surface area contributed by atoms with Gasteiger partial charge in [0.25, 0.3) is 5.56 Å². The lowest BCUT2D eigenvalue weighted by atomic mass is 9.98. The van der Waals surface area contributed by atoms with E-state index in [4.69, 9.17) is 27.9 Å². The highest BCUT2D eigenvalue weighted by molar-refractivity contribution is 6.36. The summed E-state index contributed by atoms with van der Waals surface area (Å²) in [4.78, 5) is 42.9. The minimum absolute atomic E-state index is 0.240. The number of benzene rings is 2. The van der Waals surface area contributed by atoms with E-state index in [-0.39, 0.29) is 16.9 Å². The number of hydrogen-bond donors (Lipinski definition) is 2. The van der Waals surface area contributed by atoms with Gasteiger partial charge < -0.3 is 15.0 Å². The Morgan fingerprint density at radius 3 is 2.54 bits per heavy atom. The van der Waals surface area contributed by atoms with E-state index >= 15 is 0 Å². The van der Waals surface area contributed by atoms with E-state index in [1.54, 1.807) is 22.9 Å². The molecule has 0 saturated heterocycles. The third kappa shape index (κ3) is 4.59. The number of aromatic nitrogens is 5. The van der Waals surface area contributed by atoms with E-state index in [0.717, 1.165) is 0 Å². The molecule has 1 atom stereocenters. The zero-order chi connectivity index (χ0) is 28.7. The lowest BCUT2D eigenvalue weighted by Gasteiger charge is -2.24. The van der Waals surface area contributed by atoms with Crippen LogP contribution in [-0.2, 0) is 0 Å². The van der Waals surface area contributed by atoms with Gasteiger partial charge in [0.1, 0.15) is 28.2 Å². The van der Waals surface area contributed by atoms with Crippen LogP contribution < -0.4 is 21.0 Å². The Morgan fingerprint density at radius 1 is 0.976 bits per heavy atom. The molecular formula is C30H22Cl2N6O3. The Hall–Kier alpha value is -4.73. The number of halogens is 2. The maximum Gasteiger partial charge on any atom is 0.263 e. The van der Waals surface area contributed by atoms with Gasteiger partial charge in [0.2, 0.25) is 5.88 Å². The van der Waals surface area contributed by atoms with E-state index < -0.39 is 6.04 Å². The molecule has 6 aromatic rings. The molecule has 0 amide bonds. The summed E-state index contributed by atoms with van der Waals surface area (Å²) in [5.74, 6) is 0.605. The van der Waals surface area contributed by atoms with Crippen molar-refractivity contribution in [3.05, 3.63) is 116 Å². The fourth-order valence-electron chi connectivity index (χ4n) is 4.99. The van der Waals surface area contributed by atoms with Gasteiger partial charge in [-0.1, -0.05) is 59.6 Å². The molecule has 41 heavy (non-hydrogen) atoms. The van der Waals surface area contributed by atoms with Gasteiger partial charge in [-0.15, -0.1) is 0 Å². The first-order valence-electron chi connectivity index (χ1n) is 12.6. The molecule has 11 heteroatoms. The first-order chi connectivity index (χ1) is 19.9. The van der Waals surface area contributed by atoms with Gasteiger partial charge in [-0.2, -0.15) is 0 Å².